The Morgan fingerprint density at radius 2 is 2.15 bits per heavy atom. The van der Waals surface area contributed by atoms with Crippen LogP contribution in [0, 0.1) is 0 Å². The molecule has 7 nitrogen and oxygen atoms in total. The van der Waals surface area contributed by atoms with Gasteiger partial charge in [0.25, 0.3) is 0 Å². The van der Waals surface area contributed by atoms with Crippen LogP contribution in [0.1, 0.15) is 6.42 Å². The molecule has 1 aliphatic rings. The highest BCUT2D eigenvalue weighted by atomic mass is 32.2. The zero-order valence-corrected chi connectivity index (χ0v) is 11.7. The summed E-state index contributed by atoms with van der Waals surface area (Å²) in [5, 5.41) is 4.93. The van der Waals surface area contributed by atoms with Crippen molar-refractivity contribution < 1.29 is 14.3 Å². The van der Waals surface area contributed by atoms with Crippen LogP contribution in [-0.4, -0.2) is 29.7 Å². The van der Waals surface area contributed by atoms with Crippen molar-refractivity contribution in [2.24, 2.45) is 5.84 Å². The van der Waals surface area contributed by atoms with Crippen LogP contribution in [-0.2, 0) is 9.59 Å². The third-order valence-corrected chi connectivity index (χ3v) is 4.00. The number of thioether (sulfide) groups is 1. The van der Waals surface area contributed by atoms with E-state index in [0.717, 1.165) is 0 Å². The summed E-state index contributed by atoms with van der Waals surface area (Å²) in [4.78, 5) is 23.5. The van der Waals surface area contributed by atoms with Crippen molar-refractivity contribution >= 4 is 29.3 Å². The molecule has 1 aromatic carbocycles. The van der Waals surface area contributed by atoms with Crippen molar-refractivity contribution in [1.29, 1.82) is 0 Å². The lowest BCUT2D eigenvalue weighted by atomic mass is 10.2. The van der Waals surface area contributed by atoms with Crippen LogP contribution in [0.4, 0.5) is 5.69 Å². The van der Waals surface area contributed by atoms with Crippen molar-refractivity contribution in [3.63, 3.8) is 0 Å². The molecule has 2 amide bonds. The first-order chi connectivity index (χ1) is 9.62. The van der Waals surface area contributed by atoms with Gasteiger partial charge in [0.1, 0.15) is 11.2 Å². The van der Waals surface area contributed by atoms with Crippen molar-refractivity contribution in [2.75, 3.05) is 12.4 Å². The minimum absolute atomic E-state index is 0.0979. The monoisotopic (exact) mass is 296 g/mol. The molecule has 0 spiro atoms. The van der Waals surface area contributed by atoms with Crippen LogP contribution in [0.2, 0.25) is 0 Å². The number of hydrogen-bond acceptors (Lipinski definition) is 6. The first-order valence-corrected chi connectivity index (χ1v) is 6.92. The van der Waals surface area contributed by atoms with E-state index in [1.807, 2.05) is 0 Å². The summed E-state index contributed by atoms with van der Waals surface area (Å²) < 4.78 is 5.03. The highest BCUT2D eigenvalue weighted by Crippen LogP contribution is 2.24. The molecular formula is C12H16N4O3S. The maximum absolute atomic E-state index is 11.9. The normalized spacial score (nSPS) is 21.4. The Morgan fingerprint density at radius 3 is 2.70 bits per heavy atom. The largest absolute Gasteiger partial charge is 0.497 e. The molecule has 108 valence electrons. The number of rotatable bonds is 5. The van der Waals surface area contributed by atoms with Crippen LogP contribution in [0.3, 0.4) is 0 Å². The number of benzene rings is 1. The highest BCUT2D eigenvalue weighted by Gasteiger charge is 2.33. The first-order valence-electron chi connectivity index (χ1n) is 5.98. The summed E-state index contributed by atoms with van der Waals surface area (Å²) in [6.45, 7) is 0. The molecule has 1 saturated heterocycles. The number of nitrogens with two attached hydrogens (primary N) is 1. The van der Waals surface area contributed by atoms with E-state index in [2.05, 4.69) is 16.1 Å². The third-order valence-electron chi connectivity index (χ3n) is 2.76. The Bertz CT molecular complexity index is 494. The molecular weight excluding hydrogens is 280 g/mol. The number of carbonyl (C=O) groups is 2. The fourth-order valence-corrected chi connectivity index (χ4v) is 2.79. The molecule has 0 bridgehead atoms. The summed E-state index contributed by atoms with van der Waals surface area (Å²) in [5.41, 5.74) is 2.76. The lowest BCUT2D eigenvalue weighted by molar-refractivity contribution is -0.123. The van der Waals surface area contributed by atoms with Crippen LogP contribution in [0.5, 0.6) is 5.75 Å². The lowest BCUT2D eigenvalue weighted by Gasteiger charge is -2.09. The molecule has 1 fully saturated rings. The fourth-order valence-electron chi connectivity index (χ4n) is 1.76. The number of nitrogens with one attached hydrogen (secondary N) is 3. The molecule has 2 atom stereocenters. The van der Waals surface area contributed by atoms with Gasteiger partial charge in [-0.25, -0.2) is 5.43 Å². The van der Waals surface area contributed by atoms with Gasteiger partial charge in [-0.3, -0.25) is 15.4 Å². The molecule has 0 aliphatic carbocycles. The number of ether oxygens (including phenoxy) is 1. The SMILES string of the molecule is COc1ccc(NC(=O)CC2SC(NN)NC2=O)cc1. The smallest absolute Gasteiger partial charge is 0.235 e. The molecule has 1 aromatic rings. The van der Waals surface area contributed by atoms with Gasteiger partial charge in [-0.05, 0) is 24.3 Å². The van der Waals surface area contributed by atoms with Crippen LogP contribution in [0.25, 0.3) is 0 Å². The molecule has 0 saturated carbocycles. The minimum atomic E-state index is -0.436. The molecule has 1 aliphatic heterocycles. The molecule has 0 radical (unpaired) electrons. The van der Waals surface area contributed by atoms with Gasteiger partial charge in [0.15, 0.2) is 0 Å². The Hall–Kier alpha value is -1.77. The predicted molar refractivity (Wildman–Crippen MR) is 76.9 cm³/mol. The standard InChI is InChI=1S/C12H16N4O3S/c1-19-8-4-2-7(3-5-8)14-10(17)6-9-11(18)15-12(16-13)20-9/h2-5,9,12,16H,6,13H2,1H3,(H,14,17)(H,15,18). The van der Waals surface area contributed by atoms with Crippen molar-refractivity contribution in [3.8, 4) is 5.75 Å². The van der Waals surface area contributed by atoms with Gasteiger partial charge in [0, 0.05) is 12.1 Å². The molecule has 20 heavy (non-hydrogen) atoms. The van der Waals surface area contributed by atoms with Crippen molar-refractivity contribution in [1.82, 2.24) is 10.7 Å². The first kappa shape index (κ1) is 14.6. The van der Waals surface area contributed by atoms with E-state index < -0.39 is 5.25 Å². The molecule has 1 heterocycles. The van der Waals surface area contributed by atoms with Gasteiger partial charge >= 0.3 is 0 Å². The minimum Gasteiger partial charge on any atom is -0.497 e. The van der Waals surface area contributed by atoms with Gasteiger partial charge in [-0.1, -0.05) is 0 Å². The van der Waals surface area contributed by atoms with Crippen molar-refractivity contribution in [3.05, 3.63) is 24.3 Å². The Balaban J connectivity index is 1.87. The number of amides is 2. The van der Waals surface area contributed by atoms with Crippen molar-refractivity contribution in [2.45, 2.75) is 17.2 Å². The lowest BCUT2D eigenvalue weighted by Crippen LogP contribution is -2.41. The van der Waals surface area contributed by atoms with Gasteiger partial charge in [-0.15, -0.1) is 11.8 Å². The van der Waals surface area contributed by atoms with E-state index in [4.69, 9.17) is 10.6 Å². The molecule has 0 aromatic heterocycles. The zero-order chi connectivity index (χ0) is 14.5. The van der Waals surface area contributed by atoms with E-state index in [1.54, 1.807) is 31.4 Å². The second-order valence-electron chi connectivity index (χ2n) is 4.16. The van der Waals surface area contributed by atoms with Crippen LogP contribution < -0.4 is 26.6 Å². The fraction of sp³-hybridized carbons (Fsp3) is 0.333. The highest BCUT2D eigenvalue weighted by molar-refractivity contribution is 8.01. The molecule has 5 N–H and O–H groups in total. The van der Waals surface area contributed by atoms with E-state index >= 15 is 0 Å². The predicted octanol–water partition coefficient (Wildman–Crippen LogP) is 0.00230. The van der Waals surface area contributed by atoms with Crippen LogP contribution >= 0.6 is 11.8 Å². The topological polar surface area (TPSA) is 105 Å². The summed E-state index contributed by atoms with van der Waals surface area (Å²) in [7, 11) is 1.57. The molecule has 2 unspecified atom stereocenters. The number of carbonyl (C=O) groups excluding carboxylic acids is 2. The average Bonchev–Trinajstić information content (AvgIpc) is 2.80. The van der Waals surface area contributed by atoms with Gasteiger partial charge < -0.3 is 15.4 Å². The van der Waals surface area contributed by atoms with E-state index in [1.165, 1.54) is 11.8 Å². The van der Waals surface area contributed by atoms with E-state index in [9.17, 15) is 9.59 Å². The number of hydrazine groups is 1. The Labute approximate surface area is 120 Å². The number of hydrogen-bond donors (Lipinski definition) is 4. The second-order valence-corrected chi connectivity index (χ2v) is 5.47. The maximum Gasteiger partial charge on any atom is 0.235 e. The van der Waals surface area contributed by atoms with E-state index in [0.29, 0.717) is 11.4 Å². The van der Waals surface area contributed by atoms with Crippen LogP contribution in [0.15, 0.2) is 24.3 Å². The molecule has 2 rings (SSSR count). The quantitative estimate of drug-likeness (QED) is 0.450. The van der Waals surface area contributed by atoms with Gasteiger partial charge in [0.2, 0.25) is 11.8 Å². The number of methoxy groups -OCH3 is 1. The maximum atomic E-state index is 11.9. The third kappa shape index (κ3) is 3.62. The summed E-state index contributed by atoms with van der Waals surface area (Å²) in [5.74, 6) is 5.54. The Morgan fingerprint density at radius 1 is 1.45 bits per heavy atom. The summed E-state index contributed by atoms with van der Waals surface area (Å²) in [6.07, 6.45) is 0.0979. The average molecular weight is 296 g/mol. The van der Waals surface area contributed by atoms with Gasteiger partial charge in [-0.2, -0.15) is 0 Å². The van der Waals surface area contributed by atoms with Gasteiger partial charge in [0.05, 0.1) is 12.4 Å². The second kappa shape index (κ2) is 6.60. The Kier molecular flexibility index (Phi) is 4.83. The summed E-state index contributed by atoms with van der Waals surface area (Å²) in [6, 6.07) is 6.98. The molecule has 8 heteroatoms. The summed E-state index contributed by atoms with van der Waals surface area (Å²) >= 11 is 1.29. The zero-order valence-electron chi connectivity index (χ0n) is 10.9. The number of anilines is 1. The van der Waals surface area contributed by atoms with E-state index in [-0.39, 0.29) is 23.7 Å².